The third-order valence-corrected chi connectivity index (χ3v) is 5.75. The molecule has 0 aliphatic carbocycles. The van der Waals surface area contributed by atoms with Crippen LogP contribution in [0.4, 0.5) is 0 Å². The first-order valence-electron chi connectivity index (χ1n) is 7.94. The van der Waals surface area contributed by atoms with E-state index in [9.17, 15) is 9.90 Å². The summed E-state index contributed by atoms with van der Waals surface area (Å²) in [5.74, 6) is 0.249. The zero-order valence-corrected chi connectivity index (χ0v) is 14.1. The number of likely N-dealkylation sites (tertiary alicyclic amines) is 1. The molecule has 3 nitrogen and oxygen atoms in total. The molecule has 4 heteroatoms. The highest BCUT2D eigenvalue weighted by Crippen LogP contribution is 2.32. The van der Waals surface area contributed by atoms with E-state index in [2.05, 4.69) is 31.2 Å². The Labute approximate surface area is 141 Å². The molecular formula is C19H21NO2S. The van der Waals surface area contributed by atoms with Crippen LogP contribution < -0.4 is 0 Å². The largest absolute Gasteiger partial charge is 0.508 e. The second-order valence-corrected chi connectivity index (χ2v) is 7.26. The first-order chi connectivity index (χ1) is 11.1. The van der Waals surface area contributed by atoms with Crippen molar-refractivity contribution in [1.82, 2.24) is 4.90 Å². The third kappa shape index (κ3) is 3.88. The Balaban J connectivity index is 1.57. The van der Waals surface area contributed by atoms with E-state index < -0.39 is 0 Å². The molecule has 2 aromatic rings. The number of amides is 1. The third-order valence-electron chi connectivity index (χ3n) is 4.23. The number of aromatic hydroxyl groups is 1. The predicted molar refractivity (Wildman–Crippen MR) is 94.1 cm³/mol. The lowest BCUT2D eigenvalue weighted by Gasteiger charge is -2.32. The Morgan fingerprint density at radius 1 is 1.09 bits per heavy atom. The van der Waals surface area contributed by atoms with Gasteiger partial charge in [-0.15, -0.1) is 11.8 Å². The summed E-state index contributed by atoms with van der Waals surface area (Å²) in [5.41, 5.74) is 1.97. The van der Waals surface area contributed by atoms with Gasteiger partial charge in [0.05, 0.1) is 0 Å². The molecule has 1 heterocycles. The number of nitrogens with zero attached hydrogens (tertiary/aromatic N) is 1. The molecule has 1 fully saturated rings. The molecular weight excluding hydrogens is 306 g/mol. The van der Waals surface area contributed by atoms with Crippen molar-refractivity contribution in [3.63, 3.8) is 0 Å². The van der Waals surface area contributed by atoms with Crippen LogP contribution >= 0.6 is 11.8 Å². The number of rotatable bonds is 3. The van der Waals surface area contributed by atoms with E-state index in [4.69, 9.17) is 0 Å². The molecule has 0 saturated carbocycles. The smallest absolute Gasteiger partial charge is 0.253 e. The van der Waals surface area contributed by atoms with E-state index >= 15 is 0 Å². The summed E-state index contributed by atoms with van der Waals surface area (Å²) in [6.07, 6.45) is 2.03. The van der Waals surface area contributed by atoms with Gasteiger partial charge in [-0.3, -0.25) is 4.79 Å². The van der Waals surface area contributed by atoms with Gasteiger partial charge in [-0.1, -0.05) is 18.2 Å². The molecule has 2 aromatic carbocycles. The lowest BCUT2D eigenvalue weighted by atomic mass is 10.1. The summed E-state index contributed by atoms with van der Waals surface area (Å²) in [5, 5.41) is 9.89. The van der Waals surface area contributed by atoms with Crippen molar-refractivity contribution in [2.24, 2.45) is 0 Å². The quantitative estimate of drug-likeness (QED) is 0.923. The van der Waals surface area contributed by atoms with E-state index in [1.807, 2.05) is 16.7 Å². The average Bonchev–Trinajstić information content (AvgIpc) is 2.58. The average molecular weight is 327 g/mol. The predicted octanol–water partition coefficient (Wildman–Crippen LogP) is 4.10. The molecule has 3 rings (SSSR count). The first-order valence-corrected chi connectivity index (χ1v) is 8.82. The van der Waals surface area contributed by atoms with Crippen LogP contribution in [0.25, 0.3) is 0 Å². The molecule has 0 aromatic heterocycles. The van der Waals surface area contributed by atoms with Crippen LogP contribution in [-0.4, -0.2) is 34.3 Å². The fraction of sp³-hybridized carbons (Fsp3) is 0.316. The summed E-state index contributed by atoms with van der Waals surface area (Å²) < 4.78 is 0. The lowest BCUT2D eigenvalue weighted by molar-refractivity contribution is 0.0727. The summed E-state index contributed by atoms with van der Waals surface area (Å²) in [7, 11) is 0. The molecule has 0 atom stereocenters. The Kier molecular flexibility index (Phi) is 4.91. The monoisotopic (exact) mass is 327 g/mol. The maximum Gasteiger partial charge on any atom is 0.253 e. The summed E-state index contributed by atoms with van der Waals surface area (Å²) in [6, 6.07) is 15.0. The number of phenolic OH excluding ortho intramolecular Hbond substituents is 1. The highest BCUT2D eigenvalue weighted by atomic mass is 32.2. The number of aryl methyl sites for hydroxylation is 1. The maximum atomic E-state index is 12.5. The standard InChI is InChI=1S/C19H21NO2S/c1-14-4-2-3-5-18(14)23-17-10-12-20(13-11-17)19(22)15-6-8-16(21)9-7-15/h2-9,17,21H,10-13H2,1H3. The molecule has 1 aliphatic rings. The SMILES string of the molecule is Cc1ccccc1SC1CCN(C(=O)c2ccc(O)cc2)CC1. The summed E-state index contributed by atoms with van der Waals surface area (Å²) >= 11 is 1.93. The van der Waals surface area contributed by atoms with E-state index in [0.29, 0.717) is 10.8 Å². The Bertz CT molecular complexity index is 676. The number of piperidine rings is 1. The van der Waals surface area contributed by atoms with Gasteiger partial charge in [0.1, 0.15) is 5.75 Å². The van der Waals surface area contributed by atoms with Gasteiger partial charge in [0.25, 0.3) is 5.91 Å². The number of thioether (sulfide) groups is 1. The molecule has 1 N–H and O–H groups in total. The topological polar surface area (TPSA) is 40.5 Å². The number of benzene rings is 2. The van der Waals surface area contributed by atoms with Gasteiger partial charge in [0.15, 0.2) is 0 Å². The molecule has 1 saturated heterocycles. The Hall–Kier alpha value is -1.94. The zero-order chi connectivity index (χ0) is 16.2. The molecule has 0 unspecified atom stereocenters. The minimum absolute atomic E-state index is 0.0596. The molecule has 120 valence electrons. The van der Waals surface area contributed by atoms with Crippen molar-refractivity contribution >= 4 is 17.7 Å². The highest BCUT2D eigenvalue weighted by Gasteiger charge is 2.24. The van der Waals surface area contributed by atoms with Crippen molar-refractivity contribution in [1.29, 1.82) is 0 Å². The van der Waals surface area contributed by atoms with Gasteiger partial charge in [0, 0.05) is 28.8 Å². The van der Waals surface area contributed by atoms with E-state index in [1.165, 1.54) is 10.5 Å². The van der Waals surface area contributed by atoms with E-state index in [-0.39, 0.29) is 11.7 Å². The number of carbonyl (C=O) groups excluding carboxylic acids is 1. The second kappa shape index (κ2) is 7.09. The van der Waals surface area contributed by atoms with Crippen LogP contribution in [0.1, 0.15) is 28.8 Å². The maximum absolute atomic E-state index is 12.5. The van der Waals surface area contributed by atoms with Gasteiger partial charge in [-0.05, 0) is 55.7 Å². The van der Waals surface area contributed by atoms with E-state index in [0.717, 1.165) is 25.9 Å². The number of carbonyl (C=O) groups is 1. The van der Waals surface area contributed by atoms with Crippen LogP contribution in [0, 0.1) is 6.92 Å². The molecule has 1 aliphatic heterocycles. The van der Waals surface area contributed by atoms with Gasteiger partial charge >= 0.3 is 0 Å². The minimum Gasteiger partial charge on any atom is -0.508 e. The van der Waals surface area contributed by atoms with Gasteiger partial charge < -0.3 is 10.0 Å². The number of phenols is 1. The van der Waals surface area contributed by atoms with Gasteiger partial charge in [-0.2, -0.15) is 0 Å². The van der Waals surface area contributed by atoms with Crippen molar-refractivity contribution in [3.05, 3.63) is 59.7 Å². The molecule has 1 amide bonds. The van der Waals surface area contributed by atoms with Crippen LogP contribution in [-0.2, 0) is 0 Å². The van der Waals surface area contributed by atoms with Gasteiger partial charge in [-0.25, -0.2) is 0 Å². The van der Waals surface area contributed by atoms with Crippen LogP contribution in [0.2, 0.25) is 0 Å². The molecule has 0 radical (unpaired) electrons. The van der Waals surface area contributed by atoms with Crippen molar-refractivity contribution in [2.45, 2.75) is 29.9 Å². The molecule has 0 spiro atoms. The molecule has 23 heavy (non-hydrogen) atoms. The van der Waals surface area contributed by atoms with Crippen molar-refractivity contribution < 1.29 is 9.90 Å². The number of hydrogen-bond donors (Lipinski definition) is 1. The van der Waals surface area contributed by atoms with Crippen LogP contribution in [0.5, 0.6) is 5.75 Å². The zero-order valence-electron chi connectivity index (χ0n) is 13.2. The molecule has 0 bridgehead atoms. The normalized spacial score (nSPS) is 15.6. The van der Waals surface area contributed by atoms with Gasteiger partial charge in [0.2, 0.25) is 0 Å². The number of hydrogen-bond acceptors (Lipinski definition) is 3. The van der Waals surface area contributed by atoms with Crippen molar-refractivity contribution in [2.75, 3.05) is 13.1 Å². The van der Waals surface area contributed by atoms with Crippen molar-refractivity contribution in [3.8, 4) is 5.75 Å². The van der Waals surface area contributed by atoms with Crippen LogP contribution in [0.3, 0.4) is 0 Å². The summed E-state index contributed by atoms with van der Waals surface area (Å²) in [6.45, 7) is 3.73. The minimum atomic E-state index is 0.0596. The summed E-state index contributed by atoms with van der Waals surface area (Å²) in [4.78, 5) is 15.7. The highest BCUT2D eigenvalue weighted by molar-refractivity contribution is 8.00. The fourth-order valence-corrected chi connectivity index (χ4v) is 4.05. The van der Waals surface area contributed by atoms with E-state index in [1.54, 1.807) is 24.3 Å². The first kappa shape index (κ1) is 15.9. The Morgan fingerprint density at radius 2 is 1.74 bits per heavy atom. The fourth-order valence-electron chi connectivity index (χ4n) is 2.83. The lowest BCUT2D eigenvalue weighted by Crippen LogP contribution is -2.39. The second-order valence-electron chi connectivity index (χ2n) is 5.92. The van der Waals surface area contributed by atoms with Crippen LogP contribution in [0.15, 0.2) is 53.4 Å². The Morgan fingerprint density at radius 3 is 2.39 bits per heavy atom.